The molecule has 2 heterocycles. The van der Waals surface area contributed by atoms with Crippen molar-refractivity contribution in [1.82, 2.24) is 0 Å². The summed E-state index contributed by atoms with van der Waals surface area (Å²) in [6.45, 7) is 2.94. The van der Waals surface area contributed by atoms with Crippen LogP contribution in [0.1, 0.15) is 13.3 Å². The molecule has 20 heavy (non-hydrogen) atoms. The van der Waals surface area contributed by atoms with E-state index in [1.807, 2.05) is 11.8 Å². The maximum Gasteiger partial charge on any atom is 0.0690 e. The van der Waals surface area contributed by atoms with E-state index in [4.69, 9.17) is 16.6 Å². The minimum Gasteiger partial charge on any atom is -0.282 e. The fourth-order valence-electron chi connectivity index (χ4n) is 3.42. The molecular weight excluding hydrogens is 306 g/mol. The standard InChI is InChI=1S/C16H14ClNS2/c1-10-18-9-16-6-11(17)7-19-8-14(16)12-4-2-3-5-13(12)15(16)20-10/h2-5,7-8,12H,6,9H2,1H3. The van der Waals surface area contributed by atoms with Crippen LogP contribution < -0.4 is 0 Å². The SMILES string of the molecule is CC1=NCC23CC(Cl)=CSC=C2C2C=CC=CC2=C3S1. The summed E-state index contributed by atoms with van der Waals surface area (Å²) in [6.07, 6.45) is 9.76. The van der Waals surface area contributed by atoms with Crippen LogP contribution in [0.4, 0.5) is 0 Å². The van der Waals surface area contributed by atoms with Crippen LogP contribution in [-0.4, -0.2) is 11.6 Å². The molecule has 2 aliphatic heterocycles. The highest BCUT2D eigenvalue weighted by Crippen LogP contribution is 2.62. The van der Waals surface area contributed by atoms with Crippen molar-refractivity contribution in [3.63, 3.8) is 0 Å². The second-order valence-electron chi connectivity index (χ2n) is 5.48. The molecule has 1 spiro atoms. The molecule has 0 N–H and O–H groups in total. The molecule has 4 rings (SSSR count). The number of allylic oxidation sites excluding steroid dienone is 6. The number of hydrogen-bond acceptors (Lipinski definition) is 3. The molecule has 4 aliphatic rings. The first-order chi connectivity index (χ1) is 9.71. The molecule has 0 radical (unpaired) electrons. The molecule has 1 nitrogen and oxygen atoms in total. The van der Waals surface area contributed by atoms with E-state index in [-0.39, 0.29) is 5.41 Å². The van der Waals surface area contributed by atoms with Gasteiger partial charge in [0.05, 0.1) is 11.6 Å². The average Bonchev–Trinajstić information content (AvgIpc) is 2.59. The molecule has 0 aromatic carbocycles. The van der Waals surface area contributed by atoms with E-state index in [1.54, 1.807) is 11.8 Å². The van der Waals surface area contributed by atoms with Gasteiger partial charge in [-0.1, -0.05) is 47.7 Å². The largest absolute Gasteiger partial charge is 0.282 e. The van der Waals surface area contributed by atoms with Gasteiger partial charge in [0.2, 0.25) is 0 Å². The number of rotatable bonds is 0. The van der Waals surface area contributed by atoms with Gasteiger partial charge in [0.25, 0.3) is 0 Å². The van der Waals surface area contributed by atoms with E-state index in [2.05, 4.69) is 42.0 Å². The van der Waals surface area contributed by atoms with Gasteiger partial charge in [0.1, 0.15) is 0 Å². The lowest BCUT2D eigenvalue weighted by Crippen LogP contribution is -2.29. The van der Waals surface area contributed by atoms with Crippen molar-refractivity contribution in [2.24, 2.45) is 16.3 Å². The highest BCUT2D eigenvalue weighted by Gasteiger charge is 2.51. The molecule has 0 aromatic rings. The van der Waals surface area contributed by atoms with Crippen LogP contribution in [0.5, 0.6) is 0 Å². The van der Waals surface area contributed by atoms with E-state index < -0.39 is 0 Å². The third kappa shape index (κ3) is 1.76. The van der Waals surface area contributed by atoms with Gasteiger partial charge >= 0.3 is 0 Å². The minimum absolute atomic E-state index is 0.000278. The molecular formula is C16H14ClNS2. The van der Waals surface area contributed by atoms with Crippen LogP contribution in [0.3, 0.4) is 0 Å². The third-order valence-electron chi connectivity index (χ3n) is 4.29. The minimum atomic E-state index is 0.000278. The van der Waals surface area contributed by atoms with Gasteiger partial charge in [-0.05, 0) is 35.3 Å². The Balaban J connectivity index is 1.95. The summed E-state index contributed by atoms with van der Waals surface area (Å²) >= 11 is 9.97. The molecule has 102 valence electrons. The fourth-order valence-corrected chi connectivity index (χ4v) is 5.80. The van der Waals surface area contributed by atoms with Crippen LogP contribution in [0.2, 0.25) is 0 Å². The zero-order valence-corrected chi connectivity index (χ0v) is 13.5. The Bertz CT molecular complexity index is 666. The summed E-state index contributed by atoms with van der Waals surface area (Å²) in [5, 5.41) is 6.48. The second kappa shape index (κ2) is 4.69. The maximum atomic E-state index is 6.43. The molecule has 0 amide bonds. The van der Waals surface area contributed by atoms with Crippen molar-refractivity contribution in [3.8, 4) is 0 Å². The summed E-state index contributed by atoms with van der Waals surface area (Å²) in [5.41, 5.74) is 2.93. The summed E-state index contributed by atoms with van der Waals surface area (Å²) in [7, 11) is 0. The first-order valence-electron chi connectivity index (χ1n) is 6.70. The van der Waals surface area contributed by atoms with Gasteiger partial charge in [0.15, 0.2) is 0 Å². The Hall–Kier alpha value is -0.640. The molecule has 2 atom stereocenters. The fraction of sp³-hybridized carbons (Fsp3) is 0.312. The molecule has 0 saturated carbocycles. The zero-order chi connectivity index (χ0) is 13.7. The topological polar surface area (TPSA) is 12.4 Å². The molecule has 0 saturated heterocycles. The van der Waals surface area contributed by atoms with E-state index in [0.717, 1.165) is 23.0 Å². The van der Waals surface area contributed by atoms with E-state index in [1.165, 1.54) is 16.1 Å². The van der Waals surface area contributed by atoms with Gasteiger partial charge in [-0.25, -0.2) is 0 Å². The number of nitrogens with zero attached hydrogens (tertiary/aromatic N) is 1. The lowest BCUT2D eigenvalue weighted by atomic mass is 9.77. The van der Waals surface area contributed by atoms with Gasteiger partial charge in [0, 0.05) is 21.3 Å². The van der Waals surface area contributed by atoms with Crippen molar-refractivity contribution >= 4 is 40.2 Å². The Morgan fingerprint density at radius 1 is 1.35 bits per heavy atom. The van der Waals surface area contributed by atoms with Gasteiger partial charge in [-0.3, -0.25) is 4.99 Å². The molecule has 0 fully saturated rings. The molecule has 4 heteroatoms. The monoisotopic (exact) mass is 319 g/mol. The number of fused-ring (bicyclic) bond motifs is 2. The van der Waals surface area contributed by atoms with Crippen LogP contribution in [0, 0.1) is 11.3 Å². The highest BCUT2D eigenvalue weighted by atomic mass is 35.5. The summed E-state index contributed by atoms with van der Waals surface area (Å²) in [6, 6.07) is 0. The van der Waals surface area contributed by atoms with E-state index in [9.17, 15) is 0 Å². The van der Waals surface area contributed by atoms with Crippen LogP contribution >= 0.6 is 35.1 Å². The zero-order valence-electron chi connectivity index (χ0n) is 11.1. The summed E-state index contributed by atoms with van der Waals surface area (Å²) < 4.78 is 0. The molecule has 0 aromatic heterocycles. The van der Waals surface area contributed by atoms with Crippen LogP contribution in [0.25, 0.3) is 0 Å². The van der Waals surface area contributed by atoms with Crippen LogP contribution in [-0.2, 0) is 0 Å². The summed E-state index contributed by atoms with van der Waals surface area (Å²) in [5.74, 6) is 0.409. The summed E-state index contributed by atoms with van der Waals surface area (Å²) in [4.78, 5) is 6.21. The van der Waals surface area contributed by atoms with Crippen LogP contribution in [0.15, 0.2) is 61.2 Å². The maximum absolute atomic E-state index is 6.43. The third-order valence-corrected chi connectivity index (χ3v) is 6.73. The quantitative estimate of drug-likeness (QED) is 0.604. The Kier molecular flexibility index (Phi) is 3.06. The molecule has 2 aliphatic carbocycles. The van der Waals surface area contributed by atoms with E-state index >= 15 is 0 Å². The highest BCUT2D eigenvalue weighted by molar-refractivity contribution is 8.17. The number of aliphatic imine (C=N–C) groups is 1. The van der Waals surface area contributed by atoms with E-state index in [0.29, 0.717) is 5.92 Å². The number of halogens is 1. The molecule has 0 bridgehead atoms. The first kappa shape index (κ1) is 13.1. The van der Waals surface area contributed by atoms with Crippen molar-refractivity contribution in [1.29, 1.82) is 0 Å². The lowest BCUT2D eigenvalue weighted by Gasteiger charge is -2.35. The predicted octanol–water partition coefficient (Wildman–Crippen LogP) is 5.25. The number of thioether (sulfide) groups is 2. The average molecular weight is 320 g/mol. The second-order valence-corrected chi connectivity index (χ2v) is 7.91. The Morgan fingerprint density at radius 2 is 2.25 bits per heavy atom. The molecule has 2 unspecified atom stereocenters. The lowest BCUT2D eigenvalue weighted by molar-refractivity contribution is 0.467. The first-order valence-corrected chi connectivity index (χ1v) is 8.83. The Labute approximate surface area is 132 Å². The van der Waals surface area contributed by atoms with Crippen molar-refractivity contribution in [2.45, 2.75) is 13.3 Å². The van der Waals surface area contributed by atoms with Crippen molar-refractivity contribution in [2.75, 3.05) is 6.54 Å². The normalized spacial score (nSPS) is 34.7. The van der Waals surface area contributed by atoms with Gasteiger partial charge < -0.3 is 0 Å². The number of hydrogen-bond donors (Lipinski definition) is 0. The Morgan fingerprint density at radius 3 is 3.15 bits per heavy atom. The van der Waals surface area contributed by atoms with Crippen molar-refractivity contribution in [3.05, 3.63) is 56.2 Å². The van der Waals surface area contributed by atoms with Gasteiger partial charge in [-0.15, -0.1) is 11.8 Å². The smallest absolute Gasteiger partial charge is 0.0690 e. The van der Waals surface area contributed by atoms with Crippen molar-refractivity contribution < 1.29 is 0 Å². The van der Waals surface area contributed by atoms with Gasteiger partial charge in [-0.2, -0.15) is 0 Å². The predicted molar refractivity (Wildman–Crippen MR) is 91.0 cm³/mol.